The third kappa shape index (κ3) is 5.57. The molecule has 2 aliphatic heterocycles. The summed E-state index contributed by atoms with van der Waals surface area (Å²) in [6, 6.07) is 7.54. The van der Waals surface area contributed by atoms with Crippen LogP contribution in [0.15, 0.2) is 30.5 Å². The van der Waals surface area contributed by atoms with Crippen LogP contribution in [0.25, 0.3) is 10.9 Å². The first-order chi connectivity index (χ1) is 18.1. The van der Waals surface area contributed by atoms with E-state index in [0.717, 1.165) is 16.5 Å². The smallest absolute Gasteiger partial charge is 0.332 e. The molecule has 10 atom stereocenters. The Morgan fingerprint density at radius 2 is 1.76 bits per heavy atom. The van der Waals surface area contributed by atoms with Crippen LogP contribution < -0.4 is 0 Å². The van der Waals surface area contributed by atoms with Crippen molar-refractivity contribution < 1.29 is 64.6 Å². The Kier molecular flexibility index (Phi) is 9.01. The van der Waals surface area contributed by atoms with Gasteiger partial charge in [0.05, 0.1) is 13.2 Å². The number of aliphatic hydroxyl groups is 7. The van der Waals surface area contributed by atoms with Crippen molar-refractivity contribution in [3.8, 4) is 0 Å². The summed E-state index contributed by atoms with van der Waals surface area (Å²) >= 11 is 0. The zero-order chi connectivity index (χ0) is 27.6. The summed E-state index contributed by atoms with van der Waals surface area (Å²) in [6.07, 6.45) is -12.5. The van der Waals surface area contributed by atoms with E-state index in [-0.39, 0.29) is 6.42 Å². The average molecular weight is 544 g/mol. The van der Waals surface area contributed by atoms with E-state index in [4.69, 9.17) is 18.9 Å². The SMILES string of the molecule is O=C(O)C(CCc1c[nH]c2ccccc12)OC[C@H]1O[C@H](O[C@]2(CO)O[C@H](CO)[C@@H](O)[C@@H]2O)[C@H](O)[C@@H](O)[C@@H]1O. The number of aromatic amines is 1. The van der Waals surface area contributed by atoms with Gasteiger partial charge in [0.1, 0.15) is 49.3 Å². The van der Waals surface area contributed by atoms with E-state index in [9.17, 15) is 45.6 Å². The number of fused-ring (bicyclic) bond motifs is 1. The highest BCUT2D eigenvalue weighted by Gasteiger charge is 2.58. The van der Waals surface area contributed by atoms with Crippen LogP contribution in [0.2, 0.25) is 0 Å². The Hall–Kier alpha value is -2.21. The topological polar surface area (TPSA) is 232 Å². The highest BCUT2D eigenvalue weighted by atomic mass is 16.8. The van der Waals surface area contributed by atoms with Gasteiger partial charge in [0.2, 0.25) is 5.79 Å². The van der Waals surface area contributed by atoms with Crippen LogP contribution >= 0.6 is 0 Å². The first kappa shape index (κ1) is 28.8. The Morgan fingerprint density at radius 3 is 2.42 bits per heavy atom. The van der Waals surface area contributed by atoms with Crippen LogP contribution in [0.4, 0.5) is 0 Å². The minimum atomic E-state index is -2.32. The first-order valence-corrected chi connectivity index (χ1v) is 12.1. The third-order valence-electron chi connectivity index (χ3n) is 6.98. The van der Waals surface area contributed by atoms with Crippen molar-refractivity contribution in [3.63, 3.8) is 0 Å². The molecule has 4 rings (SSSR count). The summed E-state index contributed by atoms with van der Waals surface area (Å²) in [6.45, 7) is -2.26. The fourth-order valence-corrected chi connectivity index (χ4v) is 4.73. The highest BCUT2D eigenvalue weighted by Crippen LogP contribution is 2.36. The molecule has 14 heteroatoms. The Balaban J connectivity index is 1.41. The maximum atomic E-state index is 11.8. The molecular formula is C24H33NO13. The predicted molar refractivity (Wildman–Crippen MR) is 126 cm³/mol. The van der Waals surface area contributed by atoms with Gasteiger partial charge in [-0.25, -0.2) is 4.79 Å². The summed E-state index contributed by atoms with van der Waals surface area (Å²) in [5.41, 5.74) is 1.80. The highest BCUT2D eigenvalue weighted by molar-refractivity contribution is 5.83. The molecule has 38 heavy (non-hydrogen) atoms. The van der Waals surface area contributed by atoms with Crippen LogP contribution in [0.1, 0.15) is 12.0 Å². The fourth-order valence-electron chi connectivity index (χ4n) is 4.73. The number of aliphatic carboxylic acids is 1. The number of aliphatic hydroxyl groups excluding tert-OH is 7. The molecular weight excluding hydrogens is 510 g/mol. The number of hydrogen-bond acceptors (Lipinski definition) is 12. The monoisotopic (exact) mass is 543 g/mol. The largest absolute Gasteiger partial charge is 0.479 e. The molecule has 2 aliphatic rings. The number of carboxylic acid groups (broad SMARTS) is 1. The van der Waals surface area contributed by atoms with E-state index in [1.807, 2.05) is 24.3 Å². The number of H-pyrrole nitrogens is 1. The maximum absolute atomic E-state index is 11.8. The Bertz CT molecular complexity index is 1080. The van der Waals surface area contributed by atoms with Crippen molar-refractivity contribution in [2.75, 3.05) is 19.8 Å². The van der Waals surface area contributed by atoms with Crippen molar-refractivity contribution in [2.24, 2.45) is 0 Å². The van der Waals surface area contributed by atoms with E-state index in [1.165, 1.54) is 0 Å². The van der Waals surface area contributed by atoms with Crippen LogP contribution in [0.5, 0.6) is 0 Å². The lowest BCUT2D eigenvalue weighted by Crippen LogP contribution is -2.63. The van der Waals surface area contributed by atoms with Crippen molar-refractivity contribution in [2.45, 2.75) is 73.8 Å². The lowest BCUT2D eigenvalue weighted by atomic mass is 9.98. The third-order valence-corrected chi connectivity index (χ3v) is 6.98. The molecule has 2 aromatic rings. The number of nitrogens with one attached hydrogen (secondary N) is 1. The number of carbonyl (C=O) groups is 1. The van der Waals surface area contributed by atoms with Gasteiger partial charge in [0, 0.05) is 17.1 Å². The minimum Gasteiger partial charge on any atom is -0.479 e. The van der Waals surface area contributed by atoms with Gasteiger partial charge in [0.25, 0.3) is 0 Å². The second-order valence-electron chi connectivity index (χ2n) is 9.44. The summed E-state index contributed by atoms with van der Waals surface area (Å²) in [5, 5.41) is 81.3. The predicted octanol–water partition coefficient (Wildman–Crippen LogP) is -2.80. The summed E-state index contributed by atoms with van der Waals surface area (Å²) in [4.78, 5) is 14.9. The van der Waals surface area contributed by atoms with Gasteiger partial charge < -0.3 is 64.8 Å². The second-order valence-corrected chi connectivity index (χ2v) is 9.44. The van der Waals surface area contributed by atoms with E-state index >= 15 is 0 Å². The number of rotatable bonds is 11. The molecule has 2 fully saturated rings. The molecule has 0 radical (unpaired) electrons. The molecule has 14 nitrogen and oxygen atoms in total. The van der Waals surface area contributed by atoms with Gasteiger partial charge in [-0.1, -0.05) is 18.2 Å². The van der Waals surface area contributed by atoms with E-state index in [2.05, 4.69) is 4.98 Å². The molecule has 0 spiro atoms. The number of aromatic nitrogens is 1. The second kappa shape index (κ2) is 11.9. The van der Waals surface area contributed by atoms with Gasteiger partial charge in [-0.15, -0.1) is 0 Å². The Morgan fingerprint density at radius 1 is 1.03 bits per heavy atom. The summed E-state index contributed by atoms with van der Waals surface area (Å²) < 4.78 is 21.7. The van der Waals surface area contributed by atoms with Gasteiger partial charge in [-0.3, -0.25) is 0 Å². The molecule has 0 bridgehead atoms. The van der Waals surface area contributed by atoms with Crippen molar-refractivity contribution in [1.82, 2.24) is 4.98 Å². The first-order valence-electron chi connectivity index (χ1n) is 12.1. The molecule has 0 saturated carbocycles. The fraction of sp³-hybridized carbons (Fsp3) is 0.625. The van der Waals surface area contributed by atoms with E-state index in [1.54, 1.807) is 6.20 Å². The number of aryl methyl sites for hydroxylation is 1. The molecule has 9 N–H and O–H groups in total. The molecule has 212 valence electrons. The standard InChI is InChI=1S/C24H33NO13/c26-8-15-18(29)21(32)24(10-27,37-15)38-23-20(31)19(30)17(28)16(36-23)9-35-14(22(33)34)6-5-11-7-25-13-4-2-1-3-12(11)13/h1-4,7,14-21,23,25-32H,5-6,8-10H2,(H,33,34)/t14?,15-,16-,17-,18-,19+,20-,21+,23-,24+/m1/s1. The van der Waals surface area contributed by atoms with E-state index < -0.39 is 86.7 Å². The molecule has 1 unspecified atom stereocenters. The van der Waals surface area contributed by atoms with Gasteiger partial charge in [-0.2, -0.15) is 0 Å². The van der Waals surface area contributed by atoms with Gasteiger partial charge >= 0.3 is 5.97 Å². The molecule has 0 aliphatic carbocycles. The lowest BCUT2D eigenvalue weighted by Gasteiger charge is -2.43. The van der Waals surface area contributed by atoms with Crippen LogP contribution in [0.3, 0.4) is 0 Å². The number of benzene rings is 1. The van der Waals surface area contributed by atoms with Crippen LogP contribution in [-0.4, -0.2) is 133 Å². The average Bonchev–Trinajstić information content (AvgIpc) is 3.43. The maximum Gasteiger partial charge on any atom is 0.332 e. The van der Waals surface area contributed by atoms with Gasteiger partial charge in [-0.05, 0) is 24.5 Å². The molecule has 1 aromatic heterocycles. The Labute approximate surface area is 216 Å². The zero-order valence-electron chi connectivity index (χ0n) is 20.2. The van der Waals surface area contributed by atoms with E-state index in [0.29, 0.717) is 6.42 Å². The number of ether oxygens (including phenoxy) is 4. The number of para-hydroxylation sites is 1. The quantitative estimate of drug-likeness (QED) is 0.140. The zero-order valence-corrected chi connectivity index (χ0v) is 20.2. The molecule has 1 aromatic carbocycles. The van der Waals surface area contributed by atoms with Crippen molar-refractivity contribution in [1.29, 1.82) is 0 Å². The molecule has 3 heterocycles. The van der Waals surface area contributed by atoms with Crippen molar-refractivity contribution in [3.05, 3.63) is 36.0 Å². The number of hydrogen-bond donors (Lipinski definition) is 9. The number of carboxylic acids is 1. The van der Waals surface area contributed by atoms with Crippen LogP contribution in [0, 0.1) is 0 Å². The summed E-state index contributed by atoms with van der Waals surface area (Å²) in [7, 11) is 0. The molecule has 2 saturated heterocycles. The minimum absolute atomic E-state index is 0.0825. The van der Waals surface area contributed by atoms with Crippen molar-refractivity contribution >= 4 is 16.9 Å². The molecule has 0 amide bonds. The normalized spacial score (nSPS) is 36.5. The lowest BCUT2D eigenvalue weighted by molar-refractivity contribution is -0.384. The van der Waals surface area contributed by atoms with Crippen LogP contribution in [-0.2, 0) is 30.2 Å². The van der Waals surface area contributed by atoms with Gasteiger partial charge in [0.15, 0.2) is 12.4 Å². The summed E-state index contributed by atoms with van der Waals surface area (Å²) in [5.74, 6) is -3.58.